The number of benzene rings is 1. The van der Waals surface area contributed by atoms with Crippen LogP contribution >= 0.6 is 0 Å². The highest BCUT2D eigenvalue weighted by Crippen LogP contribution is 2.45. The summed E-state index contributed by atoms with van der Waals surface area (Å²) in [4.78, 5) is 28.3. The van der Waals surface area contributed by atoms with Gasteiger partial charge < -0.3 is 19.4 Å². The second-order valence-corrected chi connectivity index (χ2v) is 14.8. The zero-order valence-electron chi connectivity index (χ0n) is 26.7. The highest BCUT2D eigenvalue weighted by Gasteiger charge is 2.46. The minimum atomic E-state index is -3.22. The number of likely N-dealkylation sites (tertiary alicyclic amines) is 1. The summed E-state index contributed by atoms with van der Waals surface area (Å²) in [6.07, 6.45) is 11.8. The first-order chi connectivity index (χ1) is 21.3. The van der Waals surface area contributed by atoms with E-state index < -0.39 is 15.8 Å². The van der Waals surface area contributed by atoms with Crippen LogP contribution in [-0.2, 0) is 10.0 Å². The molecular weight excluding hydrogens is 595 g/mol. The van der Waals surface area contributed by atoms with Crippen molar-refractivity contribution in [2.24, 2.45) is 11.3 Å². The van der Waals surface area contributed by atoms with Crippen LogP contribution in [0.4, 0.5) is 10.2 Å². The minimum Gasteiger partial charge on any atom is -0.451 e. The number of nitrogens with one attached hydrogen (secondary N) is 1. The molecule has 0 radical (unpaired) electrons. The summed E-state index contributed by atoms with van der Waals surface area (Å²) in [5, 5.41) is 0. The van der Waals surface area contributed by atoms with Crippen molar-refractivity contribution in [3.63, 3.8) is 0 Å². The lowest BCUT2D eigenvalue weighted by Crippen LogP contribution is -2.60. The average molecular weight is 639 g/mol. The van der Waals surface area contributed by atoms with Crippen LogP contribution in [0.2, 0.25) is 0 Å². The SMILES string of the molecule is CC(C)N(C(=O)c1cc(F)ccc1Oc1cncnc1N1CC2(CCN(C#CC3C=C[C@H](NS(C)(=O)=O)CC3)CC2)C1)C(C)C. The van der Waals surface area contributed by atoms with Crippen molar-refractivity contribution in [3.8, 4) is 23.5 Å². The first-order valence-electron chi connectivity index (χ1n) is 15.6. The molecule has 2 atom stereocenters. The summed E-state index contributed by atoms with van der Waals surface area (Å²) in [6.45, 7) is 11.1. The second-order valence-electron chi connectivity index (χ2n) is 13.0. The Hall–Kier alpha value is -3.69. The Balaban J connectivity index is 1.20. The Morgan fingerprint density at radius 2 is 1.82 bits per heavy atom. The van der Waals surface area contributed by atoms with Crippen LogP contribution in [0.3, 0.4) is 0 Å². The number of nitrogens with zero attached hydrogens (tertiary/aromatic N) is 5. The van der Waals surface area contributed by atoms with Crippen molar-refractivity contribution in [1.29, 1.82) is 0 Å². The molecule has 1 unspecified atom stereocenters. The smallest absolute Gasteiger partial charge is 0.258 e. The second kappa shape index (κ2) is 13.3. The molecule has 1 aromatic heterocycles. The van der Waals surface area contributed by atoms with Gasteiger partial charge in [-0.25, -0.2) is 27.5 Å². The fraction of sp³-hybridized carbons (Fsp3) is 0.545. The number of piperidine rings is 1. The Kier molecular flexibility index (Phi) is 9.70. The summed E-state index contributed by atoms with van der Waals surface area (Å²) in [6, 6.07) is 7.05. The predicted molar refractivity (Wildman–Crippen MR) is 172 cm³/mol. The predicted octanol–water partition coefficient (Wildman–Crippen LogP) is 4.41. The van der Waals surface area contributed by atoms with E-state index in [0.717, 1.165) is 51.9 Å². The van der Waals surface area contributed by atoms with E-state index in [4.69, 9.17) is 4.74 Å². The monoisotopic (exact) mass is 638 g/mol. The molecule has 12 heteroatoms. The van der Waals surface area contributed by atoms with Gasteiger partial charge in [-0.15, -0.1) is 0 Å². The zero-order chi connectivity index (χ0) is 32.4. The third kappa shape index (κ3) is 7.94. The fourth-order valence-corrected chi connectivity index (χ4v) is 7.26. The first-order valence-corrected chi connectivity index (χ1v) is 17.5. The van der Waals surface area contributed by atoms with Crippen molar-refractivity contribution >= 4 is 21.7 Å². The van der Waals surface area contributed by atoms with E-state index in [-0.39, 0.29) is 46.7 Å². The summed E-state index contributed by atoms with van der Waals surface area (Å²) >= 11 is 0. The van der Waals surface area contributed by atoms with E-state index in [1.807, 2.05) is 39.8 Å². The lowest BCUT2D eigenvalue weighted by molar-refractivity contribution is 0.0640. The topological polar surface area (TPSA) is 108 Å². The van der Waals surface area contributed by atoms with Crippen LogP contribution in [0.15, 0.2) is 42.9 Å². The molecule has 0 bridgehead atoms. The van der Waals surface area contributed by atoms with Gasteiger partial charge in [0.2, 0.25) is 10.0 Å². The summed E-state index contributed by atoms with van der Waals surface area (Å²) in [5.74, 6) is 4.02. The minimum absolute atomic E-state index is 0.0676. The maximum absolute atomic E-state index is 14.3. The van der Waals surface area contributed by atoms with E-state index in [1.165, 1.54) is 30.8 Å². The Bertz CT molecular complexity index is 1580. The van der Waals surface area contributed by atoms with E-state index >= 15 is 0 Å². The molecule has 10 nitrogen and oxygen atoms in total. The van der Waals surface area contributed by atoms with E-state index in [0.29, 0.717) is 11.6 Å². The molecule has 1 amide bonds. The van der Waals surface area contributed by atoms with Gasteiger partial charge in [0.15, 0.2) is 11.6 Å². The van der Waals surface area contributed by atoms with Gasteiger partial charge in [-0.05, 0) is 71.6 Å². The van der Waals surface area contributed by atoms with E-state index in [9.17, 15) is 17.6 Å². The number of ether oxygens (including phenoxy) is 1. The number of allylic oxidation sites excluding steroid dienone is 1. The van der Waals surface area contributed by atoms with Gasteiger partial charge in [-0.2, -0.15) is 0 Å². The third-order valence-corrected chi connectivity index (χ3v) is 9.44. The number of hydrogen-bond acceptors (Lipinski definition) is 8. The summed E-state index contributed by atoms with van der Waals surface area (Å²) < 4.78 is 46.1. The van der Waals surface area contributed by atoms with Gasteiger partial charge in [-0.1, -0.05) is 18.1 Å². The number of carbonyl (C=O) groups excluding carboxylic acids is 1. The van der Waals surface area contributed by atoms with Crippen molar-refractivity contribution in [1.82, 2.24) is 24.5 Å². The highest BCUT2D eigenvalue weighted by atomic mass is 32.2. The normalized spacial score (nSPS) is 21.0. The van der Waals surface area contributed by atoms with E-state index in [1.54, 1.807) is 11.1 Å². The molecule has 0 saturated carbocycles. The number of rotatable bonds is 8. The molecule has 1 aliphatic carbocycles. The Labute approximate surface area is 266 Å². The molecule has 2 aliphatic heterocycles. The number of halogens is 1. The van der Waals surface area contributed by atoms with Crippen LogP contribution in [0.5, 0.6) is 11.5 Å². The van der Waals surface area contributed by atoms with Crippen molar-refractivity contribution in [3.05, 3.63) is 54.3 Å². The van der Waals surface area contributed by atoms with Gasteiger partial charge in [0.25, 0.3) is 5.91 Å². The molecule has 242 valence electrons. The highest BCUT2D eigenvalue weighted by molar-refractivity contribution is 7.88. The van der Waals surface area contributed by atoms with Gasteiger partial charge >= 0.3 is 0 Å². The Morgan fingerprint density at radius 3 is 2.44 bits per heavy atom. The van der Waals surface area contributed by atoms with E-state index in [2.05, 4.69) is 36.5 Å². The van der Waals surface area contributed by atoms with Gasteiger partial charge in [0.05, 0.1) is 18.0 Å². The van der Waals surface area contributed by atoms with Gasteiger partial charge in [-0.3, -0.25) is 4.79 Å². The summed E-state index contributed by atoms with van der Waals surface area (Å²) in [7, 11) is -3.22. The van der Waals surface area contributed by atoms with Crippen LogP contribution in [0.25, 0.3) is 0 Å². The molecule has 3 heterocycles. The number of anilines is 1. The first kappa shape index (κ1) is 32.7. The molecule has 45 heavy (non-hydrogen) atoms. The summed E-state index contributed by atoms with van der Waals surface area (Å²) in [5.41, 5.74) is 0.330. The molecule has 1 spiro atoms. The zero-order valence-corrected chi connectivity index (χ0v) is 27.5. The molecule has 2 saturated heterocycles. The number of amides is 1. The number of aromatic nitrogens is 2. The lowest BCUT2D eigenvalue weighted by Gasteiger charge is -2.54. The molecule has 3 aliphatic rings. The lowest BCUT2D eigenvalue weighted by atomic mass is 9.72. The van der Waals surface area contributed by atoms with Crippen LogP contribution in [-0.4, -0.2) is 84.7 Å². The number of carbonyl (C=O) groups is 1. The molecule has 1 aromatic carbocycles. The third-order valence-electron chi connectivity index (χ3n) is 8.71. The van der Waals surface area contributed by atoms with Crippen LogP contribution < -0.4 is 14.4 Å². The van der Waals surface area contributed by atoms with Gasteiger partial charge in [0, 0.05) is 61.7 Å². The number of sulfonamides is 1. The van der Waals surface area contributed by atoms with Gasteiger partial charge in [0.1, 0.15) is 17.9 Å². The quantitative estimate of drug-likeness (QED) is 0.335. The molecular formula is C33H43FN6O4S. The van der Waals surface area contributed by atoms with Crippen molar-refractivity contribution in [2.45, 2.75) is 71.5 Å². The Morgan fingerprint density at radius 1 is 1.11 bits per heavy atom. The number of hydrogen-bond donors (Lipinski definition) is 1. The maximum Gasteiger partial charge on any atom is 0.258 e. The average Bonchev–Trinajstić information content (AvgIpc) is 2.96. The molecule has 2 aromatic rings. The van der Waals surface area contributed by atoms with Crippen LogP contribution in [0.1, 0.15) is 63.7 Å². The molecule has 2 fully saturated rings. The fourth-order valence-electron chi connectivity index (χ4n) is 6.51. The standard InChI is InChI=1S/C33H43FN6O4S/c1-23(2)40(24(3)4)32(41)28-18-26(34)8-11-29(28)44-30-19-35-22-36-31(30)39-20-33(21-39)13-16-38(17-14-33)15-12-25-6-9-27(10-7-25)37-45(5,42)43/h6,8-9,11,18-19,22-25,27,37H,7,10,13-14,16-17,20-21H2,1-5H3/t25?,27-/m0/s1. The largest absolute Gasteiger partial charge is 0.451 e. The maximum atomic E-state index is 14.3. The molecule has 5 rings (SSSR count). The van der Waals surface area contributed by atoms with Crippen LogP contribution in [0, 0.1) is 29.1 Å². The van der Waals surface area contributed by atoms with Crippen molar-refractivity contribution < 1.29 is 22.3 Å². The molecule has 1 N–H and O–H groups in total. The van der Waals surface area contributed by atoms with Crippen molar-refractivity contribution in [2.75, 3.05) is 37.3 Å².